The molecule has 0 fully saturated rings. The number of nitrogens with two attached hydrogens (primary N) is 1. The highest BCUT2D eigenvalue weighted by molar-refractivity contribution is 5.77. The fourth-order valence-corrected chi connectivity index (χ4v) is 1.35. The highest BCUT2D eigenvalue weighted by Gasteiger charge is 1.97. The van der Waals surface area contributed by atoms with Crippen LogP contribution in [0.15, 0.2) is 29.3 Å². The fraction of sp³-hybridized carbons (Fsp3) is 0.462. The second-order valence-corrected chi connectivity index (χ2v) is 3.71. The first kappa shape index (κ1) is 15.1. The highest BCUT2D eigenvalue weighted by atomic mass is 16.5. The van der Waals surface area contributed by atoms with Crippen LogP contribution in [0.3, 0.4) is 0 Å². The van der Waals surface area contributed by atoms with Gasteiger partial charge in [-0.05, 0) is 12.1 Å². The van der Waals surface area contributed by atoms with Gasteiger partial charge in [-0.15, -0.1) is 0 Å². The van der Waals surface area contributed by atoms with E-state index in [2.05, 4.69) is 10.3 Å². The lowest BCUT2D eigenvalue weighted by Crippen LogP contribution is -2.35. The van der Waals surface area contributed by atoms with Gasteiger partial charge >= 0.3 is 0 Å². The normalized spacial score (nSPS) is 11.2. The van der Waals surface area contributed by atoms with Crippen LogP contribution in [0.5, 0.6) is 11.5 Å². The number of aliphatic imine (C=N–C) groups is 1. The van der Waals surface area contributed by atoms with E-state index in [0.29, 0.717) is 32.3 Å². The zero-order valence-electron chi connectivity index (χ0n) is 11.4. The molecule has 6 nitrogen and oxygen atoms in total. The summed E-state index contributed by atoms with van der Waals surface area (Å²) >= 11 is 0. The molecule has 0 aliphatic carbocycles. The summed E-state index contributed by atoms with van der Waals surface area (Å²) in [6.07, 6.45) is 0. The summed E-state index contributed by atoms with van der Waals surface area (Å²) in [4.78, 5) is 4.07. The summed E-state index contributed by atoms with van der Waals surface area (Å²) in [5, 5.41) is 2.96. The Kier molecular flexibility index (Phi) is 7.19. The van der Waals surface area contributed by atoms with Crippen LogP contribution in [0.4, 0.5) is 0 Å². The molecule has 6 heteroatoms. The zero-order valence-corrected chi connectivity index (χ0v) is 11.4. The Morgan fingerprint density at radius 1 is 1.26 bits per heavy atom. The van der Waals surface area contributed by atoms with Gasteiger partial charge in [0.25, 0.3) is 0 Å². The van der Waals surface area contributed by atoms with Crippen molar-refractivity contribution < 1.29 is 14.2 Å². The molecule has 0 saturated heterocycles. The van der Waals surface area contributed by atoms with E-state index in [-0.39, 0.29) is 0 Å². The average molecular weight is 267 g/mol. The van der Waals surface area contributed by atoms with Crippen LogP contribution in [0.25, 0.3) is 0 Å². The minimum absolute atomic E-state index is 0.395. The third kappa shape index (κ3) is 6.52. The number of rotatable bonds is 8. The Hall–Kier alpha value is -1.95. The van der Waals surface area contributed by atoms with Gasteiger partial charge in [0.2, 0.25) is 0 Å². The second-order valence-electron chi connectivity index (χ2n) is 3.71. The molecule has 0 bridgehead atoms. The van der Waals surface area contributed by atoms with Crippen molar-refractivity contribution in [3.05, 3.63) is 24.3 Å². The summed E-state index contributed by atoms with van der Waals surface area (Å²) < 4.78 is 15.5. The van der Waals surface area contributed by atoms with Crippen LogP contribution in [0, 0.1) is 0 Å². The van der Waals surface area contributed by atoms with Gasteiger partial charge in [-0.1, -0.05) is 6.07 Å². The number of hydrogen-bond acceptors (Lipinski definition) is 4. The Morgan fingerprint density at radius 3 is 2.79 bits per heavy atom. The molecular formula is C13H21N3O3. The summed E-state index contributed by atoms with van der Waals surface area (Å²) in [6, 6.07) is 7.45. The lowest BCUT2D eigenvalue weighted by atomic mass is 10.3. The topological polar surface area (TPSA) is 78.1 Å². The maximum Gasteiger partial charge on any atom is 0.188 e. The smallest absolute Gasteiger partial charge is 0.188 e. The molecular weight excluding hydrogens is 246 g/mol. The Bertz CT molecular complexity index is 396. The summed E-state index contributed by atoms with van der Waals surface area (Å²) in [6.45, 7) is 2.18. The van der Waals surface area contributed by atoms with E-state index in [1.807, 2.05) is 24.3 Å². The zero-order chi connectivity index (χ0) is 13.9. The molecule has 0 radical (unpaired) electrons. The Morgan fingerprint density at radius 2 is 2.05 bits per heavy atom. The quantitative estimate of drug-likeness (QED) is 0.410. The lowest BCUT2D eigenvalue weighted by Gasteiger charge is -2.09. The van der Waals surface area contributed by atoms with Crippen LogP contribution in [-0.4, -0.2) is 46.5 Å². The first-order chi connectivity index (χ1) is 9.26. The monoisotopic (exact) mass is 267 g/mol. The van der Waals surface area contributed by atoms with Crippen molar-refractivity contribution in [2.45, 2.75) is 0 Å². The number of ether oxygens (including phenoxy) is 3. The molecule has 0 unspecified atom stereocenters. The molecule has 0 aliphatic rings. The minimum Gasteiger partial charge on any atom is -0.497 e. The maximum absolute atomic E-state index is 5.65. The molecule has 3 N–H and O–H groups in total. The Balaban J connectivity index is 2.21. The average Bonchev–Trinajstić information content (AvgIpc) is 2.44. The van der Waals surface area contributed by atoms with Crippen molar-refractivity contribution in [1.29, 1.82) is 0 Å². The first-order valence-corrected chi connectivity index (χ1v) is 6.06. The number of methoxy groups -OCH3 is 2. The van der Waals surface area contributed by atoms with Gasteiger partial charge in [-0.2, -0.15) is 0 Å². The predicted molar refractivity (Wildman–Crippen MR) is 74.9 cm³/mol. The molecule has 0 heterocycles. The molecule has 19 heavy (non-hydrogen) atoms. The number of hydrogen-bond donors (Lipinski definition) is 2. The van der Waals surface area contributed by atoms with Gasteiger partial charge in [0, 0.05) is 13.2 Å². The largest absolute Gasteiger partial charge is 0.497 e. The van der Waals surface area contributed by atoms with E-state index >= 15 is 0 Å². The van der Waals surface area contributed by atoms with Crippen molar-refractivity contribution in [3.8, 4) is 11.5 Å². The van der Waals surface area contributed by atoms with Crippen molar-refractivity contribution in [2.75, 3.05) is 40.5 Å². The van der Waals surface area contributed by atoms with E-state index in [4.69, 9.17) is 19.9 Å². The summed E-state index contributed by atoms with van der Waals surface area (Å²) in [7, 11) is 3.25. The minimum atomic E-state index is 0.395. The second kappa shape index (κ2) is 9.04. The van der Waals surface area contributed by atoms with Crippen LogP contribution in [0.1, 0.15) is 0 Å². The standard InChI is InChI=1S/C13H21N3O3/c1-17-8-6-15-13(14)16-7-9-19-12-5-3-4-11(10-12)18-2/h3-5,10H,6-9H2,1-2H3,(H3,14,15,16). The van der Waals surface area contributed by atoms with Gasteiger partial charge in [-0.3, -0.25) is 4.99 Å². The van der Waals surface area contributed by atoms with Crippen molar-refractivity contribution in [1.82, 2.24) is 5.32 Å². The fourth-order valence-electron chi connectivity index (χ4n) is 1.35. The van der Waals surface area contributed by atoms with Gasteiger partial charge in [0.1, 0.15) is 18.1 Å². The predicted octanol–water partition coefficient (Wildman–Crippen LogP) is 0.625. The van der Waals surface area contributed by atoms with Crippen LogP contribution < -0.4 is 20.5 Å². The highest BCUT2D eigenvalue weighted by Crippen LogP contribution is 2.18. The SMILES string of the molecule is COCCN=C(N)NCCOc1cccc(OC)c1. The third-order valence-electron chi connectivity index (χ3n) is 2.30. The number of nitrogens with zero attached hydrogens (tertiary/aromatic N) is 1. The molecule has 0 amide bonds. The van der Waals surface area contributed by atoms with E-state index in [1.165, 1.54) is 0 Å². The summed E-state index contributed by atoms with van der Waals surface area (Å²) in [5.41, 5.74) is 5.65. The number of guanidine groups is 1. The van der Waals surface area contributed by atoms with Gasteiger partial charge in [0.15, 0.2) is 5.96 Å². The molecule has 106 valence electrons. The molecule has 1 aromatic rings. The van der Waals surface area contributed by atoms with E-state index in [9.17, 15) is 0 Å². The molecule has 0 spiro atoms. The molecule has 0 atom stereocenters. The lowest BCUT2D eigenvalue weighted by molar-refractivity contribution is 0.208. The van der Waals surface area contributed by atoms with E-state index < -0.39 is 0 Å². The molecule has 1 aromatic carbocycles. The Labute approximate surface area is 113 Å². The van der Waals surface area contributed by atoms with Gasteiger partial charge < -0.3 is 25.3 Å². The van der Waals surface area contributed by atoms with Gasteiger partial charge in [0.05, 0.1) is 26.8 Å². The molecule has 0 saturated carbocycles. The maximum atomic E-state index is 5.65. The van der Waals surface area contributed by atoms with E-state index in [0.717, 1.165) is 11.5 Å². The van der Waals surface area contributed by atoms with Crippen LogP contribution in [-0.2, 0) is 4.74 Å². The van der Waals surface area contributed by atoms with Gasteiger partial charge in [-0.25, -0.2) is 0 Å². The molecule has 1 rings (SSSR count). The number of benzene rings is 1. The third-order valence-corrected chi connectivity index (χ3v) is 2.30. The molecule has 0 aromatic heterocycles. The van der Waals surface area contributed by atoms with Crippen molar-refractivity contribution >= 4 is 5.96 Å². The summed E-state index contributed by atoms with van der Waals surface area (Å²) in [5.74, 6) is 1.92. The first-order valence-electron chi connectivity index (χ1n) is 6.06. The van der Waals surface area contributed by atoms with Crippen LogP contribution >= 0.6 is 0 Å². The van der Waals surface area contributed by atoms with E-state index in [1.54, 1.807) is 14.2 Å². The van der Waals surface area contributed by atoms with Crippen molar-refractivity contribution in [3.63, 3.8) is 0 Å². The molecule has 0 aliphatic heterocycles. The number of nitrogens with one attached hydrogen (secondary N) is 1. The van der Waals surface area contributed by atoms with Crippen LogP contribution in [0.2, 0.25) is 0 Å². The van der Waals surface area contributed by atoms with Crippen molar-refractivity contribution in [2.24, 2.45) is 10.7 Å².